The molecule has 1 N–H and O–H groups in total. The average Bonchev–Trinajstić information content (AvgIpc) is 3.27. The Bertz CT molecular complexity index is 936. The van der Waals surface area contributed by atoms with Gasteiger partial charge in [-0.05, 0) is 42.3 Å². The number of hydrogen-bond donors (Lipinski definition) is 1. The van der Waals surface area contributed by atoms with Gasteiger partial charge in [-0.3, -0.25) is 9.80 Å². The first-order valence-electron chi connectivity index (χ1n) is 11.1. The van der Waals surface area contributed by atoms with Crippen molar-refractivity contribution in [1.29, 1.82) is 0 Å². The number of nitrogens with zero attached hydrogens (tertiary/aromatic N) is 2. The molecule has 34 heavy (non-hydrogen) atoms. The zero-order valence-corrected chi connectivity index (χ0v) is 21.3. The van der Waals surface area contributed by atoms with E-state index in [-0.39, 0.29) is 31.4 Å². The largest absolute Gasteiger partial charge is 0.493 e. The van der Waals surface area contributed by atoms with Gasteiger partial charge in [-0.25, -0.2) is 0 Å². The van der Waals surface area contributed by atoms with Crippen molar-refractivity contribution in [2.24, 2.45) is 0 Å². The molecule has 2 aliphatic rings. The van der Waals surface area contributed by atoms with E-state index in [1.807, 2.05) is 43.3 Å². The molecule has 1 atom stereocenters. The van der Waals surface area contributed by atoms with E-state index in [0.717, 1.165) is 49.8 Å². The molecule has 2 aliphatic heterocycles. The first-order chi connectivity index (χ1) is 15.6. The van der Waals surface area contributed by atoms with Gasteiger partial charge >= 0.3 is 0 Å². The van der Waals surface area contributed by atoms with Crippen molar-refractivity contribution in [2.75, 3.05) is 53.2 Å². The van der Waals surface area contributed by atoms with Gasteiger partial charge in [-0.15, -0.1) is 24.8 Å². The number of benzene rings is 2. The molecule has 9 heteroatoms. The third-order valence-electron chi connectivity index (χ3n) is 5.76. The molecule has 2 heterocycles. The Hall–Kier alpha value is -2.16. The lowest BCUT2D eigenvalue weighted by molar-refractivity contribution is 0.0440. The van der Waals surface area contributed by atoms with Gasteiger partial charge in [0.25, 0.3) is 0 Å². The van der Waals surface area contributed by atoms with Gasteiger partial charge in [0, 0.05) is 39.3 Å². The Labute approximate surface area is 214 Å². The summed E-state index contributed by atoms with van der Waals surface area (Å²) < 4.78 is 22.1. The van der Waals surface area contributed by atoms with Crippen LogP contribution in [0.2, 0.25) is 0 Å². The predicted octanol–water partition coefficient (Wildman–Crippen LogP) is 3.86. The van der Waals surface area contributed by atoms with E-state index in [4.69, 9.17) is 18.9 Å². The fraction of sp³-hybridized carbons (Fsp3) is 0.440. The maximum atomic E-state index is 10.5. The van der Waals surface area contributed by atoms with Crippen LogP contribution in [-0.2, 0) is 6.54 Å². The van der Waals surface area contributed by atoms with Gasteiger partial charge in [0.05, 0.1) is 7.11 Å². The van der Waals surface area contributed by atoms with Crippen molar-refractivity contribution in [3.05, 3.63) is 53.6 Å². The molecule has 4 rings (SSSR count). The van der Waals surface area contributed by atoms with Gasteiger partial charge in [-0.2, -0.15) is 0 Å². The van der Waals surface area contributed by atoms with Crippen LogP contribution in [0.3, 0.4) is 0 Å². The number of fused-ring (bicyclic) bond motifs is 1. The maximum Gasteiger partial charge on any atom is 0.231 e. The number of ether oxygens (including phenoxy) is 4. The molecule has 7 nitrogen and oxygen atoms in total. The second kappa shape index (κ2) is 13.7. The number of β-amino-alcohol motifs (C(OH)–C–C–N with tert-alkyl or cyclic N) is 1. The summed E-state index contributed by atoms with van der Waals surface area (Å²) >= 11 is 0. The molecule has 1 unspecified atom stereocenters. The topological polar surface area (TPSA) is 63.6 Å². The Kier molecular flexibility index (Phi) is 11.3. The summed E-state index contributed by atoms with van der Waals surface area (Å²) in [6.07, 6.45) is 3.43. The lowest BCUT2D eigenvalue weighted by atomic mass is 10.1. The molecule has 188 valence electrons. The fourth-order valence-electron chi connectivity index (χ4n) is 4.06. The summed E-state index contributed by atoms with van der Waals surface area (Å²) in [5.74, 6) is 2.97. The molecule has 0 amide bonds. The zero-order valence-electron chi connectivity index (χ0n) is 19.6. The lowest BCUT2D eigenvalue weighted by Crippen LogP contribution is -2.48. The quantitative estimate of drug-likeness (QED) is 0.547. The van der Waals surface area contributed by atoms with E-state index in [1.165, 1.54) is 5.56 Å². The summed E-state index contributed by atoms with van der Waals surface area (Å²) in [7, 11) is 1.63. The number of rotatable bonds is 9. The molecule has 0 saturated carbocycles. The minimum Gasteiger partial charge on any atom is -0.493 e. The number of piperazine rings is 1. The van der Waals surface area contributed by atoms with Crippen LogP contribution in [0.1, 0.15) is 18.1 Å². The van der Waals surface area contributed by atoms with Crippen LogP contribution in [0, 0.1) is 0 Å². The number of halogens is 2. The van der Waals surface area contributed by atoms with Crippen molar-refractivity contribution in [3.63, 3.8) is 0 Å². The normalized spacial score (nSPS) is 16.6. The highest BCUT2D eigenvalue weighted by molar-refractivity contribution is 5.85. The smallest absolute Gasteiger partial charge is 0.231 e. The Morgan fingerprint density at radius 2 is 1.71 bits per heavy atom. The van der Waals surface area contributed by atoms with Crippen LogP contribution in [-0.4, -0.2) is 74.2 Å². The number of aliphatic hydroxyl groups excluding tert-OH is 1. The van der Waals surface area contributed by atoms with Crippen LogP contribution in [0.5, 0.6) is 23.0 Å². The van der Waals surface area contributed by atoms with E-state index >= 15 is 0 Å². The third-order valence-corrected chi connectivity index (χ3v) is 5.76. The van der Waals surface area contributed by atoms with Crippen LogP contribution in [0.15, 0.2) is 42.5 Å². The second-order valence-electron chi connectivity index (χ2n) is 8.14. The van der Waals surface area contributed by atoms with Crippen molar-refractivity contribution in [2.45, 2.75) is 19.6 Å². The number of hydrogen-bond acceptors (Lipinski definition) is 7. The molecule has 0 spiro atoms. The third kappa shape index (κ3) is 7.42. The zero-order chi connectivity index (χ0) is 22.3. The second-order valence-corrected chi connectivity index (χ2v) is 8.14. The molecular formula is C25H34Cl2N2O5. The van der Waals surface area contributed by atoms with E-state index in [9.17, 15) is 5.11 Å². The average molecular weight is 513 g/mol. The first-order valence-corrected chi connectivity index (χ1v) is 11.1. The van der Waals surface area contributed by atoms with Crippen molar-refractivity contribution >= 4 is 30.9 Å². The fourth-order valence-corrected chi connectivity index (χ4v) is 4.06. The minimum absolute atomic E-state index is 0. The minimum atomic E-state index is -0.560. The highest BCUT2D eigenvalue weighted by atomic mass is 35.5. The predicted molar refractivity (Wildman–Crippen MR) is 138 cm³/mol. The van der Waals surface area contributed by atoms with Crippen molar-refractivity contribution < 1.29 is 24.1 Å². The highest BCUT2D eigenvalue weighted by Crippen LogP contribution is 2.33. The lowest BCUT2D eigenvalue weighted by Gasteiger charge is -2.35. The molecule has 0 bridgehead atoms. The Balaban J connectivity index is 0.00000204. The van der Waals surface area contributed by atoms with Gasteiger partial charge in [0.15, 0.2) is 23.0 Å². The summed E-state index contributed by atoms with van der Waals surface area (Å²) in [5, 5.41) is 10.5. The summed E-state index contributed by atoms with van der Waals surface area (Å²) in [6.45, 7) is 7.76. The number of aliphatic hydroxyl groups is 1. The molecule has 0 radical (unpaired) electrons. The maximum absolute atomic E-state index is 10.5. The van der Waals surface area contributed by atoms with E-state index in [0.29, 0.717) is 24.8 Å². The van der Waals surface area contributed by atoms with Crippen LogP contribution >= 0.6 is 24.8 Å². The first kappa shape index (κ1) is 28.1. The molecular weight excluding hydrogens is 479 g/mol. The molecule has 2 aromatic rings. The Morgan fingerprint density at radius 3 is 2.44 bits per heavy atom. The van der Waals surface area contributed by atoms with Crippen LogP contribution < -0.4 is 18.9 Å². The molecule has 0 aromatic heterocycles. The summed E-state index contributed by atoms with van der Waals surface area (Å²) in [6, 6.07) is 11.9. The number of allylic oxidation sites excluding steroid dienone is 1. The van der Waals surface area contributed by atoms with Gasteiger partial charge in [0.1, 0.15) is 12.7 Å². The van der Waals surface area contributed by atoms with Gasteiger partial charge < -0.3 is 24.1 Å². The monoisotopic (exact) mass is 512 g/mol. The molecule has 0 aliphatic carbocycles. The van der Waals surface area contributed by atoms with E-state index < -0.39 is 6.10 Å². The van der Waals surface area contributed by atoms with Gasteiger partial charge in [0.2, 0.25) is 6.79 Å². The molecule has 2 aromatic carbocycles. The molecule has 1 fully saturated rings. The van der Waals surface area contributed by atoms with E-state index in [2.05, 4.69) is 21.9 Å². The highest BCUT2D eigenvalue weighted by Gasteiger charge is 2.21. The van der Waals surface area contributed by atoms with Crippen molar-refractivity contribution in [1.82, 2.24) is 9.80 Å². The summed E-state index contributed by atoms with van der Waals surface area (Å²) in [5.41, 5.74) is 2.28. The summed E-state index contributed by atoms with van der Waals surface area (Å²) in [4.78, 5) is 4.71. The standard InChI is InChI=1S/C25H32N2O5.2ClH/c1-3-4-19-5-7-22(24(13-19)29-2)30-17-21(28)16-27-11-9-26(10-12-27)15-20-6-8-23-25(14-20)32-18-31-23;;/h3-8,13-14,21,28H,9-12,15-18H2,1-2H3;2*1H. The molecule has 1 saturated heterocycles. The van der Waals surface area contributed by atoms with Crippen LogP contribution in [0.25, 0.3) is 6.08 Å². The van der Waals surface area contributed by atoms with Crippen molar-refractivity contribution in [3.8, 4) is 23.0 Å². The van der Waals surface area contributed by atoms with Gasteiger partial charge in [-0.1, -0.05) is 24.3 Å². The van der Waals surface area contributed by atoms with Crippen LogP contribution in [0.4, 0.5) is 0 Å². The van der Waals surface area contributed by atoms with E-state index in [1.54, 1.807) is 7.11 Å². The Morgan fingerprint density at radius 1 is 0.971 bits per heavy atom. The SMILES string of the molecule is CC=Cc1ccc(OCC(O)CN2CCN(Cc3ccc4c(c3)OCO4)CC2)c(OC)c1.Cl.Cl. The number of methoxy groups -OCH3 is 1.